The molecule has 4 nitrogen and oxygen atoms in total. The third kappa shape index (κ3) is 3.15. The standard InChI is InChI=1S/C15H15BrFNO3/c1-15(2,3)12-11(14(19)20-4)21-13(18-12)9-6-5-8(16)7-10(9)17/h5-7H,1-4H3. The van der Waals surface area contributed by atoms with Gasteiger partial charge < -0.3 is 9.15 Å². The van der Waals surface area contributed by atoms with Crippen molar-refractivity contribution < 1.29 is 18.3 Å². The Labute approximate surface area is 130 Å². The van der Waals surface area contributed by atoms with Crippen LogP contribution in [0.3, 0.4) is 0 Å². The van der Waals surface area contributed by atoms with E-state index in [0.29, 0.717) is 10.2 Å². The number of rotatable bonds is 2. The minimum absolute atomic E-state index is 0.00215. The molecule has 112 valence electrons. The Morgan fingerprint density at radius 1 is 1.38 bits per heavy atom. The van der Waals surface area contributed by atoms with E-state index >= 15 is 0 Å². The normalized spacial score (nSPS) is 11.5. The molecule has 0 aliphatic rings. The number of esters is 1. The quantitative estimate of drug-likeness (QED) is 0.752. The van der Waals surface area contributed by atoms with Crippen LogP contribution in [-0.2, 0) is 10.2 Å². The van der Waals surface area contributed by atoms with Crippen molar-refractivity contribution in [1.29, 1.82) is 0 Å². The second kappa shape index (κ2) is 5.60. The largest absolute Gasteiger partial charge is 0.463 e. The van der Waals surface area contributed by atoms with Crippen LogP contribution in [0.2, 0.25) is 0 Å². The maximum Gasteiger partial charge on any atom is 0.376 e. The highest BCUT2D eigenvalue weighted by atomic mass is 79.9. The minimum atomic E-state index is -0.629. The fourth-order valence-electron chi connectivity index (χ4n) is 1.84. The number of nitrogens with zero attached hydrogens (tertiary/aromatic N) is 1. The first-order chi connectivity index (χ1) is 9.74. The highest BCUT2D eigenvalue weighted by Crippen LogP contribution is 2.32. The predicted molar refractivity (Wildman–Crippen MR) is 79.6 cm³/mol. The van der Waals surface area contributed by atoms with E-state index in [1.165, 1.54) is 13.2 Å². The maximum absolute atomic E-state index is 14.0. The smallest absolute Gasteiger partial charge is 0.376 e. The lowest BCUT2D eigenvalue weighted by atomic mass is 9.91. The van der Waals surface area contributed by atoms with Crippen molar-refractivity contribution in [3.8, 4) is 11.5 Å². The summed E-state index contributed by atoms with van der Waals surface area (Å²) < 4.78 is 24.8. The Morgan fingerprint density at radius 3 is 2.57 bits per heavy atom. The number of hydrogen-bond donors (Lipinski definition) is 0. The molecule has 2 rings (SSSR count). The average Bonchev–Trinajstić information content (AvgIpc) is 2.82. The van der Waals surface area contributed by atoms with Crippen LogP contribution in [0, 0.1) is 5.82 Å². The van der Waals surface area contributed by atoms with Gasteiger partial charge in [-0.15, -0.1) is 0 Å². The summed E-state index contributed by atoms with van der Waals surface area (Å²) in [6, 6.07) is 4.53. The first-order valence-corrected chi connectivity index (χ1v) is 7.08. The second-order valence-electron chi connectivity index (χ2n) is 5.56. The predicted octanol–water partition coefficient (Wildman–Crippen LogP) is 4.33. The fourth-order valence-corrected chi connectivity index (χ4v) is 2.17. The highest BCUT2D eigenvalue weighted by Gasteiger charge is 2.30. The SMILES string of the molecule is COC(=O)c1oc(-c2ccc(Br)cc2F)nc1C(C)(C)C. The van der Waals surface area contributed by atoms with Crippen molar-refractivity contribution >= 4 is 21.9 Å². The Bertz CT molecular complexity index is 689. The molecule has 0 N–H and O–H groups in total. The van der Waals surface area contributed by atoms with Gasteiger partial charge >= 0.3 is 5.97 Å². The lowest BCUT2D eigenvalue weighted by Gasteiger charge is -2.15. The number of hydrogen-bond acceptors (Lipinski definition) is 4. The molecule has 2 aromatic rings. The van der Waals surface area contributed by atoms with Gasteiger partial charge in [0.15, 0.2) is 0 Å². The van der Waals surface area contributed by atoms with E-state index in [1.807, 2.05) is 20.8 Å². The van der Waals surface area contributed by atoms with Crippen molar-refractivity contribution in [2.75, 3.05) is 7.11 Å². The van der Waals surface area contributed by atoms with E-state index in [-0.39, 0.29) is 17.2 Å². The van der Waals surface area contributed by atoms with Crippen molar-refractivity contribution in [3.05, 3.63) is 39.9 Å². The molecule has 0 radical (unpaired) electrons. The summed E-state index contributed by atoms with van der Waals surface area (Å²) in [4.78, 5) is 16.1. The number of halogens is 2. The molecule has 0 unspecified atom stereocenters. The number of methoxy groups -OCH3 is 1. The topological polar surface area (TPSA) is 52.3 Å². The third-order valence-electron chi connectivity index (χ3n) is 2.87. The molecule has 0 bridgehead atoms. The summed E-state index contributed by atoms with van der Waals surface area (Å²) in [6.07, 6.45) is 0. The monoisotopic (exact) mass is 355 g/mol. The second-order valence-corrected chi connectivity index (χ2v) is 6.48. The summed E-state index contributed by atoms with van der Waals surface area (Å²) in [7, 11) is 1.26. The zero-order valence-electron chi connectivity index (χ0n) is 12.2. The summed E-state index contributed by atoms with van der Waals surface area (Å²) in [5.74, 6) is -1.05. The van der Waals surface area contributed by atoms with Gasteiger partial charge in [0.1, 0.15) is 11.5 Å². The van der Waals surface area contributed by atoms with E-state index in [2.05, 4.69) is 20.9 Å². The van der Waals surface area contributed by atoms with Crippen LogP contribution in [0.25, 0.3) is 11.5 Å². The molecule has 0 fully saturated rings. The van der Waals surface area contributed by atoms with Gasteiger partial charge in [0.2, 0.25) is 11.7 Å². The van der Waals surface area contributed by atoms with Crippen molar-refractivity contribution in [2.45, 2.75) is 26.2 Å². The van der Waals surface area contributed by atoms with Crippen LogP contribution >= 0.6 is 15.9 Å². The molecular formula is C15H15BrFNO3. The first kappa shape index (κ1) is 15.7. The zero-order chi connectivity index (χ0) is 15.8. The Balaban J connectivity index is 2.61. The van der Waals surface area contributed by atoms with Crippen LogP contribution < -0.4 is 0 Å². The molecule has 1 aromatic carbocycles. The molecule has 0 amide bonds. The Hall–Kier alpha value is -1.69. The van der Waals surface area contributed by atoms with Gasteiger partial charge in [0, 0.05) is 9.89 Å². The number of carbonyl (C=O) groups excluding carboxylic acids is 1. The highest BCUT2D eigenvalue weighted by molar-refractivity contribution is 9.10. The summed E-state index contributed by atoms with van der Waals surface area (Å²) in [6.45, 7) is 5.66. The van der Waals surface area contributed by atoms with Crippen LogP contribution in [0.1, 0.15) is 37.0 Å². The molecule has 1 aromatic heterocycles. The molecule has 0 atom stereocenters. The van der Waals surface area contributed by atoms with Gasteiger partial charge in [0.05, 0.1) is 12.7 Å². The summed E-state index contributed by atoms with van der Waals surface area (Å²) in [5.41, 5.74) is 0.197. The van der Waals surface area contributed by atoms with E-state index in [9.17, 15) is 9.18 Å². The first-order valence-electron chi connectivity index (χ1n) is 6.29. The Kier molecular flexibility index (Phi) is 4.18. The molecule has 0 saturated carbocycles. The number of ether oxygens (including phenoxy) is 1. The van der Waals surface area contributed by atoms with Gasteiger partial charge in [-0.25, -0.2) is 14.2 Å². The number of benzene rings is 1. The van der Waals surface area contributed by atoms with Gasteiger partial charge in [-0.05, 0) is 18.2 Å². The minimum Gasteiger partial charge on any atom is -0.463 e. The molecule has 0 spiro atoms. The van der Waals surface area contributed by atoms with E-state index < -0.39 is 17.2 Å². The van der Waals surface area contributed by atoms with E-state index in [0.717, 1.165) is 0 Å². The molecule has 0 saturated heterocycles. The van der Waals surface area contributed by atoms with E-state index in [4.69, 9.17) is 9.15 Å². The van der Waals surface area contributed by atoms with Crippen LogP contribution in [0.5, 0.6) is 0 Å². The van der Waals surface area contributed by atoms with Gasteiger partial charge in [-0.3, -0.25) is 0 Å². The van der Waals surface area contributed by atoms with E-state index in [1.54, 1.807) is 12.1 Å². The molecule has 0 aliphatic heterocycles. The average molecular weight is 356 g/mol. The molecule has 0 aliphatic carbocycles. The van der Waals surface area contributed by atoms with Gasteiger partial charge in [-0.2, -0.15) is 0 Å². The molecule has 1 heterocycles. The number of aromatic nitrogens is 1. The number of carbonyl (C=O) groups is 1. The van der Waals surface area contributed by atoms with Gasteiger partial charge in [0.25, 0.3) is 0 Å². The molecule has 21 heavy (non-hydrogen) atoms. The lowest BCUT2D eigenvalue weighted by Crippen LogP contribution is -2.17. The van der Waals surface area contributed by atoms with Crippen molar-refractivity contribution in [2.24, 2.45) is 0 Å². The van der Waals surface area contributed by atoms with Crippen molar-refractivity contribution in [1.82, 2.24) is 4.98 Å². The van der Waals surface area contributed by atoms with Crippen LogP contribution in [0.15, 0.2) is 27.1 Å². The summed E-state index contributed by atoms with van der Waals surface area (Å²) >= 11 is 3.19. The van der Waals surface area contributed by atoms with Crippen LogP contribution in [0.4, 0.5) is 4.39 Å². The summed E-state index contributed by atoms with van der Waals surface area (Å²) in [5, 5.41) is 0. The zero-order valence-corrected chi connectivity index (χ0v) is 13.7. The third-order valence-corrected chi connectivity index (χ3v) is 3.36. The maximum atomic E-state index is 14.0. The van der Waals surface area contributed by atoms with Crippen molar-refractivity contribution in [3.63, 3.8) is 0 Å². The molecular weight excluding hydrogens is 341 g/mol. The van der Waals surface area contributed by atoms with Gasteiger partial charge in [-0.1, -0.05) is 36.7 Å². The molecule has 6 heteroatoms. The Morgan fingerprint density at radius 2 is 2.05 bits per heavy atom. The van der Waals surface area contributed by atoms with Crippen LogP contribution in [-0.4, -0.2) is 18.1 Å². The lowest BCUT2D eigenvalue weighted by molar-refractivity contribution is 0.0562. The number of oxazole rings is 1. The fraction of sp³-hybridized carbons (Fsp3) is 0.333.